The molecule has 0 radical (unpaired) electrons. The molecule has 0 N–H and O–H groups in total. The van der Waals surface area contributed by atoms with Crippen molar-refractivity contribution in [3.05, 3.63) is 29.7 Å². The molecule has 0 amide bonds. The molecule has 2 aromatic rings. The van der Waals surface area contributed by atoms with Crippen molar-refractivity contribution < 1.29 is 9.15 Å². The number of nitrogens with zero attached hydrogens (tertiary/aromatic N) is 5. The summed E-state index contributed by atoms with van der Waals surface area (Å²) >= 11 is 0. The maximum atomic E-state index is 5.90. The lowest BCUT2D eigenvalue weighted by molar-refractivity contribution is 0.0948. The fourth-order valence-corrected chi connectivity index (χ4v) is 2.96. The summed E-state index contributed by atoms with van der Waals surface area (Å²) in [5.41, 5.74) is 0.956. The Morgan fingerprint density at radius 1 is 1.35 bits per heavy atom. The molecule has 126 valence electrons. The predicted molar refractivity (Wildman–Crippen MR) is 85.0 cm³/mol. The van der Waals surface area contributed by atoms with E-state index < -0.39 is 0 Å². The van der Waals surface area contributed by atoms with Crippen LogP contribution in [0, 0.1) is 0 Å². The fraction of sp³-hybridized carbons (Fsp3) is 0.688. The van der Waals surface area contributed by atoms with Crippen molar-refractivity contribution in [3.8, 4) is 0 Å². The van der Waals surface area contributed by atoms with Crippen LogP contribution in [0.4, 0.5) is 0 Å². The highest BCUT2D eigenvalue weighted by atomic mass is 16.5. The van der Waals surface area contributed by atoms with Gasteiger partial charge in [0.05, 0.1) is 24.5 Å². The van der Waals surface area contributed by atoms with E-state index in [9.17, 15) is 0 Å². The number of rotatable bonds is 4. The van der Waals surface area contributed by atoms with Gasteiger partial charge < -0.3 is 9.15 Å². The van der Waals surface area contributed by atoms with Gasteiger partial charge in [0.2, 0.25) is 5.89 Å². The number of hydrogen-bond acceptors (Lipinski definition) is 6. The average Bonchev–Trinajstić information content (AvgIpc) is 3.17. The van der Waals surface area contributed by atoms with E-state index >= 15 is 0 Å². The highest BCUT2D eigenvalue weighted by Crippen LogP contribution is 2.30. The van der Waals surface area contributed by atoms with Gasteiger partial charge in [-0.2, -0.15) is 0 Å². The second kappa shape index (κ2) is 6.05. The summed E-state index contributed by atoms with van der Waals surface area (Å²) in [4.78, 5) is 6.72. The lowest BCUT2D eigenvalue weighted by atomic mass is 9.94. The first-order valence-corrected chi connectivity index (χ1v) is 7.93. The number of likely N-dealkylation sites (tertiary alicyclic amines) is 1. The van der Waals surface area contributed by atoms with Crippen LogP contribution < -0.4 is 0 Å². The third-order valence-corrected chi connectivity index (χ3v) is 4.30. The zero-order chi connectivity index (χ0) is 16.6. The third-order valence-electron chi connectivity index (χ3n) is 4.30. The van der Waals surface area contributed by atoms with Gasteiger partial charge in [-0.1, -0.05) is 26.0 Å². The standard InChI is InChI=1S/C16H25N5O2/c1-16(2,3)14-6-17-15(23-14)10-21-7-11(13(9-21)22-5)12-8-20(4)19-18-12/h6,8,11,13H,7,9-10H2,1-5H3/t11-,13+/m0/s1. The lowest BCUT2D eigenvalue weighted by Crippen LogP contribution is -2.22. The SMILES string of the molecule is CO[C@@H]1CN(Cc2ncc(C(C)(C)C)o2)C[C@H]1c1cn(C)nn1. The summed E-state index contributed by atoms with van der Waals surface area (Å²) in [7, 11) is 3.63. The van der Waals surface area contributed by atoms with Crippen molar-refractivity contribution in [2.75, 3.05) is 20.2 Å². The van der Waals surface area contributed by atoms with Crippen LogP contribution in [-0.2, 0) is 23.7 Å². The van der Waals surface area contributed by atoms with Crippen molar-refractivity contribution in [2.24, 2.45) is 7.05 Å². The van der Waals surface area contributed by atoms with Crippen molar-refractivity contribution in [1.29, 1.82) is 0 Å². The Kier molecular flexibility index (Phi) is 4.25. The normalized spacial score (nSPS) is 22.8. The predicted octanol–water partition coefficient (Wildman–Crippen LogP) is 1.71. The lowest BCUT2D eigenvalue weighted by Gasteiger charge is -2.14. The molecule has 0 aliphatic carbocycles. The molecule has 0 aromatic carbocycles. The van der Waals surface area contributed by atoms with E-state index in [-0.39, 0.29) is 17.4 Å². The Morgan fingerprint density at radius 3 is 2.70 bits per heavy atom. The number of ether oxygens (including phenoxy) is 1. The number of aromatic nitrogens is 4. The molecule has 0 bridgehead atoms. The summed E-state index contributed by atoms with van der Waals surface area (Å²) in [5.74, 6) is 1.90. The van der Waals surface area contributed by atoms with Crippen LogP contribution in [0.5, 0.6) is 0 Å². The smallest absolute Gasteiger partial charge is 0.208 e. The highest BCUT2D eigenvalue weighted by Gasteiger charge is 2.36. The van der Waals surface area contributed by atoms with Crippen molar-refractivity contribution >= 4 is 0 Å². The zero-order valence-corrected chi connectivity index (χ0v) is 14.5. The van der Waals surface area contributed by atoms with E-state index in [1.54, 1.807) is 11.8 Å². The van der Waals surface area contributed by atoms with Gasteiger partial charge in [0.15, 0.2) is 0 Å². The number of hydrogen-bond donors (Lipinski definition) is 0. The molecular formula is C16H25N5O2. The van der Waals surface area contributed by atoms with Crippen molar-refractivity contribution in [1.82, 2.24) is 24.9 Å². The number of aryl methyl sites for hydroxylation is 1. The number of methoxy groups -OCH3 is 1. The van der Waals surface area contributed by atoms with Gasteiger partial charge in [0.1, 0.15) is 5.76 Å². The Labute approximate surface area is 136 Å². The van der Waals surface area contributed by atoms with Crippen LogP contribution in [0.1, 0.15) is 44.0 Å². The largest absolute Gasteiger partial charge is 0.444 e. The molecule has 3 heterocycles. The van der Waals surface area contributed by atoms with Crippen molar-refractivity contribution in [2.45, 2.75) is 44.8 Å². The van der Waals surface area contributed by atoms with E-state index in [1.807, 2.05) is 19.4 Å². The molecular weight excluding hydrogens is 294 g/mol. The Hall–Kier alpha value is -1.73. The van der Waals surface area contributed by atoms with Gasteiger partial charge in [-0.05, 0) is 0 Å². The Balaban J connectivity index is 1.69. The zero-order valence-electron chi connectivity index (χ0n) is 14.5. The molecule has 1 fully saturated rings. The Bertz CT molecular complexity index is 657. The molecule has 3 rings (SSSR count). The van der Waals surface area contributed by atoms with E-state index in [4.69, 9.17) is 9.15 Å². The van der Waals surface area contributed by atoms with E-state index in [0.29, 0.717) is 6.54 Å². The summed E-state index contributed by atoms with van der Waals surface area (Å²) in [6.45, 7) is 8.76. The molecule has 23 heavy (non-hydrogen) atoms. The second-order valence-corrected chi connectivity index (χ2v) is 7.26. The molecule has 0 unspecified atom stereocenters. The van der Waals surface area contributed by atoms with Gasteiger partial charge in [-0.3, -0.25) is 9.58 Å². The monoisotopic (exact) mass is 319 g/mol. The second-order valence-electron chi connectivity index (χ2n) is 7.26. The van der Waals surface area contributed by atoms with Crippen LogP contribution >= 0.6 is 0 Å². The van der Waals surface area contributed by atoms with Gasteiger partial charge >= 0.3 is 0 Å². The van der Waals surface area contributed by atoms with Crippen LogP contribution in [0.15, 0.2) is 16.8 Å². The molecule has 0 saturated carbocycles. The molecule has 7 nitrogen and oxygen atoms in total. The van der Waals surface area contributed by atoms with Crippen molar-refractivity contribution in [3.63, 3.8) is 0 Å². The van der Waals surface area contributed by atoms with Gasteiger partial charge in [-0.25, -0.2) is 4.98 Å². The summed E-state index contributed by atoms with van der Waals surface area (Å²) in [6.07, 6.45) is 3.91. The van der Waals surface area contributed by atoms with Gasteiger partial charge in [0, 0.05) is 44.8 Å². The summed E-state index contributed by atoms with van der Waals surface area (Å²) in [6, 6.07) is 0. The topological polar surface area (TPSA) is 69.2 Å². The van der Waals surface area contributed by atoms with E-state index in [1.165, 1.54) is 0 Å². The summed E-state index contributed by atoms with van der Waals surface area (Å²) < 4.78 is 13.3. The minimum Gasteiger partial charge on any atom is -0.444 e. The first kappa shape index (κ1) is 16.1. The molecule has 7 heteroatoms. The minimum atomic E-state index is -0.0203. The molecule has 2 atom stereocenters. The van der Waals surface area contributed by atoms with Crippen LogP contribution in [0.3, 0.4) is 0 Å². The van der Waals surface area contributed by atoms with E-state index in [2.05, 4.69) is 41.0 Å². The Morgan fingerprint density at radius 2 is 2.13 bits per heavy atom. The first-order chi connectivity index (χ1) is 10.9. The van der Waals surface area contributed by atoms with Crippen LogP contribution in [0.25, 0.3) is 0 Å². The maximum Gasteiger partial charge on any atom is 0.208 e. The average molecular weight is 319 g/mol. The highest BCUT2D eigenvalue weighted by molar-refractivity contribution is 5.11. The van der Waals surface area contributed by atoms with Crippen LogP contribution in [0.2, 0.25) is 0 Å². The van der Waals surface area contributed by atoms with Gasteiger partial charge in [0.25, 0.3) is 0 Å². The third kappa shape index (κ3) is 3.45. The quantitative estimate of drug-likeness (QED) is 0.854. The molecule has 1 aliphatic heterocycles. The van der Waals surface area contributed by atoms with Gasteiger partial charge in [-0.15, -0.1) is 5.10 Å². The molecule has 2 aromatic heterocycles. The van der Waals surface area contributed by atoms with Crippen LogP contribution in [-0.4, -0.2) is 51.2 Å². The number of oxazole rings is 1. The minimum absolute atomic E-state index is 0.0203. The first-order valence-electron chi connectivity index (χ1n) is 7.93. The fourth-order valence-electron chi connectivity index (χ4n) is 2.96. The molecule has 1 aliphatic rings. The summed E-state index contributed by atoms with van der Waals surface area (Å²) in [5, 5.41) is 8.27. The van der Waals surface area contributed by atoms with E-state index in [0.717, 1.165) is 30.4 Å². The molecule has 0 spiro atoms. The maximum absolute atomic E-state index is 5.90. The molecule has 1 saturated heterocycles.